The summed E-state index contributed by atoms with van der Waals surface area (Å²) < 4.78 is 61.4. The molecule has 8 heteroatoms. The van der Waals surface area contributed by atoms with Gasteiger partial charge in [0.15, 0.2) is 0 Å². The molecule has 0 saturated carbocycles. The topological polar surface area (TPSA) is 43.4 Å². The van der Waals surface area contributed by atoms with Gasteiger partial charge in [0.05, 0.1) is 0 Å². The summed E-state index contributed by atoms with van der Waals surface area (Å²) in [4.78, 5) is -0.702. The van der Waals surface area contributed by atoms with Gasteiger partial charge in [-0.25, -0.2) is 8.42 Å². The van der Waals surface area contributed by atoms with Gasteiger partial charge in [0.2, 0.25) is 0 Å². The van der Waals surface area contributed by atoms with E-state index in [4.69, 9.17) is 10.7 Å². The molecule has 1 aromatic carbocycles. The molecule has 0 radical (unpaired) electrons. The quantitative estimate of drug-likeness (QED) is 0.779. The van der Waals surface area contributed by atoms with Crippen LogP contribution in [0, 0.1) is 6.92 Å². The predicted octanol–water partition coefficient (Wildman–Crippen LogP) is 2.82. The highest BCUT2D eigenvalue weighted by atomic mass is 35.7. The summed E-state index contributed by atoms with van der Waals surface area (Å²) in [6, 6.07) is 3.19. The molecule has 0 aliphatic heterocycles. The molecule has 0 aromatic heterocycles. The first kappa shape index (κ1) is 13.1. The molecule has 0 N–H and O–H groups in total. The van der Waals surface area contributed by atoms with E-state index < -0.39 is 26.1 Å². The normalized spacial score (nSPS) is 12.6. The number of benzene rings is 1. The number of rotatable bonds is 2. The van der Waals surface area contributed by atoms with Crippen molar-refractivity contribution in [3.63, 3.8) is 0 Å². The van der Waals surface area contributed by atoms with Crippen LogP contribution in [0.5, 0.6) is 5.75 Å². The zero-order valence-corrected chi connectivity index (χ0v) is 9.45. The first-order valence-corrected chi connectivity index (χ1v) is 6.21. The third-order valence-electron chi connectivity index (χ3n) is 1.59. The molecule has 0 aliphatic carbocycles. The van der Waals surface area contributed by atoms with Crippen molar-refractivity contribution >= 4 is 19.7 Å². The van der Waals surface area contributed by atoms with Crippen LogP contribution in [0.3, 0.4) is 0 Å². The number of hydrogen-bond donors (Lipinski definition) is 0. The minimum Gasteiger partial charge on any atom is -0.404 e. The summed E-state index contributed by atoms with van der Waals surface area (Å²) in [7, 11) is 0.708. The minimum absolute atomic E-state index is 0.453. The van der Waals surface area contributed by atoms with Crippen LogP contribution in [-0.2, 0) is 9.05 Å². The van der Waals surface area contributed by atoms with Crippen LogP contribution in [0.15, 0.2) is 23.1 Å². The number of alkyl halides is 3. The van der Waals surface area contributed by atoms with Crippen molar-refractivity contribution in [1.29, 1.82) is 0 Å². The molecule has 0 fully saturated rings. The summed E-state index contributed by atoms with van der Waals surface area (Å²) in [5.74, 6) is -0.840. The van der Waals surface area contributed by atoms with E-state index in [1.807, 2.05) is 0 Å². The molecule has 0 amide bonds. The monoisotopic (exact) mass is 274 g/mol. The molecule has 1 aromatic rings. The molecular formula is C8H6ClF3O3S. The van der Waals surface area contributed by atoms with Crippen molar-refractivity contribution in [3.05, 3.63) is 23.8 Å². The number of hydrogen-bond acceptors (Lipinski definition) is 3. The highest BCUT2D eigenvalue weighted by molar-refractivity contribution is 8.13. The molecule has 0 aliphatic rings. The second-order valence-electron chi connectivity index (χ2n) is 2.94. The first-order chi connectivity index (χ1) is 7.09. The molecule has 0 saturated heterocycles. The van der Waals surface area contributed by atoms with Crippen LogP contribution < -0.4 is 4.74 Å². The Bertz CT molecular complexity index is 496. The van der Waals surface area contributed by atoms with Crippen LogP contribution >= 0.6 is 10.7 Å². The van der Waals surface area contributed by atoms with Gasteiger partial charge in [-0.3, -0.25) is 0 Å². The van der Waals surface area contributed by atoms with Gasteiger partial charge in [-0.2, -0.15) is 0 Å². The minimum atomic E-state index is -4.97. The smallest absolute Gasteiger partial charge is 0.404 e. The van der Waals surface area contributed by atoms with Crippen LogP contribution in [-0.4, -0.2) is 14.8 Å². The molecule has 3 nitrogen and oxygen atoms in total. The van der Waals surface area contributed by atoms with Crippen molar-refractivity contribution in [2.24, 2.45) is 0 Å². The molecule has 0 unspecified atom stereocenters. The Hall–Kier alpha value is -0.950. The summed E-state index contributed by atoms with van der Waals surface area (Å²) in [5.41, 5.74) is 0.453. The molecule has 1 rings (SSSR count). The lowest BCUT2D eigenvalue weighted by Crippen LogP contribution is -2.18. The van der Waals surface area contributed by atoms with Crippen LogP contribution in [0.4, 0.5) is 13.2 Å². The van der Waals surface area contributed by atoms with Crippen molar-refractivity contribution < 1.29 is 26.3 Å². The number of halogens is 4. The molecular weight excluding hydrogens is 269 g/mol. The maximum atomic E-state index is 11.9. The second-order valence-corrected chi connectivity index (χ2v) is 5.47. The lowest BCUT2D eigenvalue weighted by atomic mass is 10.2. The lowest BCUT2D eigenvalue weighted by molar-refractivity contribution is -0.275. The van der Waals surface area contributed by atoms with Gasteiger partial charge in [-0.15, -0.1) is 13.2 Å². The van der Waals surface area contributed by atoms with Crippen LogP contribution in [0.1, 0.15) is 5.56 Å². The fraction of sp³-hybridized carbons (Fsp3) is 0.250. The third kappa shape index (κ3) is 3.57. The van der Waals surface area contributed by atoms with Crippen molar-refractivity contribution in [1.82, 2.24) is 0 Å². The Balaban J connectivity index is 3.30. The fourth-order valence-corrected chi connectivity index (χ4v) is 2.05. The van der Waals surface area contributed by atoms with E-state index in [1.165, 1.54) is 13.0 Å². The highest BCUT2D eigenvalue weighted by Gasteiger charge is 2.33. The van der Waals surface area contributed by atoms with Gasteiger partial charge in [0, 0.05) is 10.7 Å². The van der Waals surface area contributed by atoms with E-state index in [2.05, 4.69) is 4.74 Å². The van der Waals surface area contributed by atoms with Crippen molar-refractivity contribution in [3.8, 4) is 5.75 Å². The SMILES string of the molecule is Cc1ccc(OC(F)(F)F)c(S(=O)(=O)Cl)c1. The molecule has 90 valence electrons. The third-order valence-corrected chi connectivity index (χ3v) is 2.93. The second kappa shape index (κ2) is 4.14. The van der Waals surface area contributed by atoms with E-state index in [9.17, 15) is 21.6 Å². The summed E-state index contributed by atoms with van der Waals surface area (Å²) in [6.07, 6.45) is -4.97. The molecule has 0 heterocycles. The van der Waals surface area contributed by atoms with Gasteiger partial charge in [-0.1, -0.05) is 6.07 Å². The highest BCUT2D eigenvalue weighted by Crippen LogP contribution is 2.32. The molecule has 16 heavy (non-hydrogen) atoms. The standard InChI is InChI=1S/C8H6ClF3O3S/c1-5-2-3-6(15-8(10,11)12)7(4-5)16(9,13)14/h2-4H,1H3. The Morgan fingerprint density at radius 1 is 1.31 bits per heavy atom. The van der Waals surface area contributed by atoms with Crippen LogP contribution in [0.2, 0.25) is 0 Å². The fourth-order valence-electron chi connectivity index (χ4n) is 1.01. The molecule has 0 bridgehead atoms. The average molecular weight is 275 g/mol. The van der Waals surface area contributed by atoms with Gasteiger partial charge in [0.1, 0.15) is 10.6 Å². The zero-order valence-electron chi connectivity index (χ0n) is 7.88. The van der Waals surface area contributed by atoms with Gasteiger partial charge >= 0.3 is 6.36 Å². The van der Waals surface area contributed by atoms with Gasteiger partial charge in [-0.05, 0) is 24.6 Å². The van der Waals surface area contributed by atoms with Crippen LogP contribution in [0.25, 0.3) is 0 Å². The average Bonchev–Trinajstić information content (AvgIpc) is 2.04. The van der Waals surface area contributed by atoms with Gasteiger partial charge < -0.3 is 4.74 Å². The van der Waals surface area contributed by atoms with Crippen molar-refractivity contribution in [2.45, 2.75) is 18.2 Å². The Morgan fingerprint density at radius 3 is 2.31 bits per heavy atom. The lowest BCUT2D eigenvalue weighted by Gasteiger charge is -2.11. The van der Waals surface area contributed by atoms with E-state index in [1.54, 1.807) is 0 Å². The maximum absolute atomic E-state index is 11.9. The summed E-state index contributed by atoms with van der Waals surface area (Å²) in [5, 5.41) is 0. The molecule has 0 spiro atoms. The Kier molecular flexibility index (Phi) is 3.39. The Labute approximate surface area is 94.2 Å². The number of aryl methyl sites for hydroxylation is 1. The Morgan fingerprint density at radius 2 is 1.88 bits per heavy atom. The first-order valence-electron chi connectivity index (χ1n) is 3.90. The predicted molar refractivity (Wildman–Crippen MR) is 50.9 cm³/mol. The molecule has 0 atom stereocenters. The van der Waals surface area contributed by atoms with Gasteiger partial charge in [0.25, 0.3) is 9.05 Å². The summed E-state index contributed by atoms with van der Waals surface area (Å²) in [6.45, 7) is 1.52. The van der Waals surface area contributed by atoms with E-state index in [0.717, 1.165) is 12.1 Å². The number of ether oxygens (including phenoxy) is 1. The summed E-state index contributed by atoms with van der Waals surface area (Å²) >= 11 is 0. The maximum Gasteiger partial charge on any atom is 0.573 e. The van der Waals surface area contributed by atoms with E-state index in [0.29, 0.717) is 5.56 Å². The van der Waals surface area contributed by atoms with E-state index in [-0.39, 0.29) is 0 Å². The van der Waals surface area contributed by atoms with E-state index >= 15 is 0 Å². The zero-order chi connectivity index (χ0) is 12.6. The van der Waals surface area contributed by atoms with Crippen molar-refractivity contribution in [2.75, 3.05) is 0 Å². The largest absolute Gasteiger partial charge is 0.573 e.